The van der Waals surface area contributed by atoms with Crippen molar-refractivity contribution in [1.29, 1.82) is 0 Å². The van der Waals surface area contributed by atoms with Gasteiger partial charge in [0.05, 0.1) is 26.9 Å². The molecule has 1 saturated heterocycles. The van der Waals surface area contributed by atoms with Gasteiger partial charge in [-0.1, -0.05) is 30.0 Å². The van der Waals surface area contributed by atoms with Crippen molar-refractivity contribution in [2.45, 2.75) is 13.8 Å². The standard InChI is InChI=1S/C35H35NO6/c1-25-21-31(11-13-33(25)41-24-35(37)38-3)40-18-14-32(29-10-12-34-30(23-29)22-26(2)42-34)28-8-6-27(7-9-28)5-4-15-36-16-19-39-20-17-36/h6-14,21-23H,15-20,24H2,1-3H3. The van der Waals surface area contributed by atoms with Crippen molar-refractivity contribution >= 4 is 22.5 Å². The molecule has 1 aliphatic heterocycles. The van der Waals surface area contributed by atoms with Crippen LogP contribution in [0.3, 0.4) is 0 Å². The van der Waals surface area contributed by atoms with E-state index >= 15 is 0 Å². The smallest absolute Gasteiger partial charge is 0.343 e. The summed E-state index contributed by atoms with van der Waals surface area (Å²) in [4.78, 5) is 13.7. The summed E-state index contributed by atoms with van der Waals surface area (Å²) in [6.45, 7) is 8.24. The number of morpholine rings is 1. The number of esters is 1. The molecule has 0 saturated carbocycles. The Morgan fingerprint density at radius 3 is 2.50 bits per heavy atom. The van der Waals surface area contributed by atoms with Crippen LogP contribution >= 0.6 is 0 Å². The molecule has 42 heavy (non-hydrogen) atoms. The van der Waals surface area contributed by atoms with Gasteiger partial charge in [0.25, 0.3) is 0 Å². The largest absolute Gasteiger partial charge is 0.489 e. The van der Waals surface area contributed by atoms with Gasteiger partial charge in [-0.05, 0) is 90.7 Å². The number of carbonyl (C=O) groups is 1. The number of nitrogens with zero attached hydrogens (tertiary/aromatic N) is 1. The second-order valence-electron chi connectivity index (χ2n) is 10.1. The summed E-state index contributed by atoms with van der Waals surface area (Å²) in [5.41, 5.74) is 5.90. The van der Waals surface area contributed by atoms with E-state index in [-0.39, 0.29) is 6.61 Å². The van der Waals surface area contributed by atoms with Crippen LogP contribution in [-0.4, -0.2) is 64.0 Å². The van der Waals surface area contributed by atoms with Gasteiger partial charge in [-0.15, -0.1) is 0 Å². The van der Waals surface area contributed by atoms with Gasteiger partial charge >= 0.3 is 5.97 Å². The van der Waals surface area contributed by atoms with Crippen molar-refractivity contribution < 1.29 is 28.2 Å². The number of methoxy groups -OCH3 is 1. The zero-order valence-electron chi connectivity index (χ0n) is 24.3. The van der Waals surface area contributed by atoms with Gasteiger partial charge in [0.15, 0.2) is 6.61 Å². The van der Waals surface area contributed by atoms with Crippen molar-refractivity contribution in [1.82, 2.24) is 4.90 Å². The van der Waals surface area contributed by atoms with E-state index in [4.69, 9.17) is 18.6 Å². The normalized spacial score (nSPS) is 13.8. The molecule has 5 rings (SSSR count). The van der Waals surface area contributed by atoms with Crippen LogP contribution < -0.4 is 9.47 Å². The summed E-state index contributed by atoms with van der Waals surface area (Å²) >= 11 is 0. The fraction of sp³-hybridized carbons (Fsp3) is 0.286. The molecule has 1 aliphatic rings. The Labute approximate surface area is 246 Å². The highest BCUT2D eigenvalue weighted by molar-refractivity contribution is 5.87. The van der Waals surface area contributed by atoms with Crippen LogP contribution in [0.15, 0.2) is 77.2 Å². The molecule has 0 aliphatic carbocycles. The molecule has 3 aromatic carbocycles. The number of hydrogen-bond acceptors (Lipinski definition) is 7. The first-order valence-corrected chi connectivity index (χ1v) is 14.0. The van der Waals surface area contributed by atoms with Gasteiger partial charge in [-0.2, -0.15) is 0 Å². The monoisotopic (exact) mass is 565 g/mol. The van der Waals surface area contributed by atoms with Crippen LogP contribution in [-0.2, 0) is 14.3 Å². The van der Waals surface area contributed by atoms with Crippen LogP contribution in [0.25, 0.3) is 16.5 Å². The second-order valence-corrected chi connectivity index (χ2v) is 10.1. The topological polar surface area (TPSA) is 70.4 Å². The second kappa shape index (κ2) is 13.9. The van der Waals surface area contributed by atoms with Crippen molar-refractivity contribution in [2.24, 2.45) is 0 Å². The molecule has 0 radical (unpaired) electrons. The van der Waals surface area contributed by atoms with Crippen LogP contribution in [0.5, 0.6) is 11.5 Å². The zero-order chi connectivity index (χ0) is 29.3. The number of carbonyl (C=O) groups excluding carboxylic acids is 1. The van der Waals surface area contributed by atoms with E-state index in [9.17, 15) is 4.79 Å². The number of benzene rings is 3. The van der Waals surface area contributed by atoms with E-state index in [0.29, 0.717) is 18.1 Å². The maximum absolute atomic E-state index is 11.4. The summed E-state index contributed by atoms with van der Waals surface area (Å²) in [7, 11) is 1.34. The Balaban J connectivity index is 1.33. The third-order valence-corrected chi connectivity index (χ3v) is 7.04. The molecule has 0 spiro atoms. The first-order chi connectivity index (χ1) is 20.5. The summed E-state index contributed by atoms with van der Waals surface area (Å²) in [6.07, 6.45) is 2.09. The first-order valence-electron chi connectivity index (χ1n) is 14.0. The number of furan rings is 1. The molecular weight excluding hydrogens is 530 g/mol. The molecule has 1 aromatic heterocycles. The third-order valence-electron chi connectivity index (χ3n) is 7.04. The minimum atomic E-state index is -0.427. The van der Waals surface area contributed by atoms with E-state index in [1.165, 1.54) is 7.11 Å². The molecule has 0 amide bonds. The average molecular weight is 566 g/mol. The lowest BCUT2D eigenvalue weighted by Crippen LogP contribution is -2.36. The first kappa shape index (κ1) is 29.0. The van der Waals surface area contributed by atoms with Gasteiger partial charge in [0.1, 0.15) is 29.4 Å². The Kier molecular flexibility index (Phi) is 9.60. The molecule has 0 bridgehead atoms. The van der Waals surface area contributed by atoms with Gasteiger partial charge in [0, 0.05) is 24.0 Å². The summed E-state index contributed by atoms with van der Waals surface area (Å²) in [5.74, 6) is 8.36. The fourth-order valence-corrected chi connectivity index (χ4v) is 4.78. The molecule has 0 unspecified atom stereocenters. The highest BCUT2D eigenvalue weighted by atomic mass is 16.6. The lowest BCUT2D eigenvalue weighted by molar-refractivity contribution is -0.142. The van der Waals surface area contributed by atoms with Crippen LogP contribution in [0, 0.1) is 25.7 Å². The minimum absolute atomic E-state index is 0.136. The van der Waals surface area contributed by atoms with E-state index < -0.39 is 5.97 Å². The SMILES string of the molecule is COC(=O)COc1ccc(OCC=C(c2ccc(C#CCN3CCOCC3)cc2)c2ccc3oc(C)cc3c2)cc1C. The Morgan fingerprint density at radius 1 is 0.952 bits per heavy atom. The summed E-state index contributed by atoms with van der Waals surface area (Å²) < 4.78 is 27.5. The molecule has 4 aromatic rings. The number of ether oxygens (including phenoxy) is 4. The van der Waals surface area contributed by atoms with E-state index in [0.717, 1.165) is 77.4 Å². The van der Waals surface area contributed by atoms with Gasteiger partial charge < -0.3 is 23.4 Å². The molecule has 7 nitrogen and oxygen atoms in total. The Morgan fingerprint density at radius 2 is 1.74 bits per heavy atom. The summed E-state index contributed by atoms with van der Waals surface area (Å²) in [5, 5.41) is 1.06. The van der Waals surface area contributed by atoms with Gasteiger partial charge in [-0.3, -0.25) is 4.90 Å². The van der Waals surface area contributed by atoms with Gasteiger partial charge in [0.2, 0.25) is 0 Å². The predicted molar refractivity (Wildman–Crippen MR) is 163 cm³/mol. The third kappa shape index (κ3) is 7.61. The predicted octanol–water partition coefficient (Wildman–Crippen LogP) is 5.80. The molecule has 2 heterocycles. The maximum atomic E-state index is 11.4. The highest BCUT2D eigenvalue weighted by Crippen LogP contribution is 2.29. The van der Waals surface area contributed by atoms with Crippen molar-refractivity contribution in [2.75, 3.05) is 53.2 Å². The van der Waals surface area contributed by atoms with Crippen molar-refractivity contribution in [3.63, 3.8) is 0 Å². The zero-order valence-corrected chi connectivity index (χ0v) is 24.3. The number of rotatable bonds is 9. The molecular formula is C35H35NO6. The lowest BCUT2D eigenvalue weighted by atomic mass is 9.96. The Hall–Kier alpha value is -4.51. The van der Waals surface area contributed by atoms with Crippen LogP contribution in [0.1, 0.15) is 28.0 Å². The fourth-order valence-electron chi connectivity index (χ4n) is 4.78. The minimum Gasteiger partial charge on any atom is -0.489 e. The maximum Gasteiger partial charge on any atom is 0.343 e. The molecule has 7 heteroatoms. The highest BCUT2D eigenvalue weighted by Gasteiger charge is 2.11. The molecule has 0 atom stereocenters. The molecule has 216 valence electrons. The lowest BCUT2D eigenvalue weighted by Gasteiger charge is -2.24. The Bertz CT molecular complexity index is 1620. The van der Waals surface area contributed by atoms with Crippen LogP contribution in [0.4, 0.5) is 0 Å². The average Bonchev–Trinajstić information content (AvgIpc) is 3.39. The van der Waals surface area contributed by atoms with Crippen molar-refractivity contribution in [3.05, 3.63) is 101 Å². The number of fused-ring (bicyclic) bond motifs is 1. The van der Waals surface area contributed by atoms with Crippen LogP contribution in [0.2, 0.25) is 0 Å². The number of hydrogen-bond donors (Lipinski definition) is 0. The van der Waals surface area contributed by atoms with E-state index in [1.54, 1.807) is 6.07 Å². The van der Waals surface area contributed by atoms with E-state index in [2.05, 4.69) is 64.0 Å². The molecule has 0 N–H and O–H groups in total. The molecule has 1 fully saturated rings. The van der Waals surface area contributed by atoms with Gasteiger partial charge in [-0.25, -0.2) is 4.79 Å². The quantitative estimate of drug-likeness (QED) is 0.188. The summed E-state index contributed by atoms with van der Waals surface area (Å²) in [6, 6.07) is 22.1. The van der Waals surface area contributed by atoms with E-state index in [1.807, 2.05) is 38.1 Å². The van der Waals surface area contributed by atoms with Crippen molar-refractivity contribution in [3.8, 4) is 23.3 Å². The number of aryl methyl sites for hydroxylation is 2.